The molecule has 8 nitrogen and oxygen atoms in total. The number of aromatic amines is 1. The first-order chi connectivity index (χ1) is 14.0. The minimum Gasteiger partial charge on any atom is -0.386 e. The lowest BCUT2D eigenvalue weighted by Crippen LogP contribution is -2.54. The Morgan fingerprint density at radius 2 is 2.21 bits per heavy atom. The number of para-hydroxylation sites is 2. The summed E-state index contributed by atoms with van der Waals surface area (Å²) in [5, 5.41) is 13.9. The number of H-pyrrole nitrogens is 1. The Bertz CT molecular complexity index is 971. The molecule has 3 heterocycles. The van der Waals surface area contributed by atoms with Crippen molar-refractivity contribution in [3.63, 3.8) is 0 Å². The van der Waals surface area contributed by atoms with Crippen molar-refractivity contribution >= 4 is 22.8 Å². The van der Waals surface area contributed by atoms with Crippen LogP contribution in [0.15, 0.2) is 36.7 Å². The number of piperidine rings is 1. The molecular weight excluding hydrogens is 368 g/mol. The molecule has 0 saturated carbocycles. The van der Waals surface area contributed by atoms with Crippen LogP contribution in [0.25, 0.3) is 11.0 Å². The zero-order valence-corrected chi connectivity index (χ0v) is 16.6. The van der Waals surface area contributed by atoms with Gasteiger partial charge in [-0.3, -0.25) is 4.79 Å². The Balaban J connectivity index is 1.29. The van der Waals surface area contributed by atoms with Crippen LogP contribution in [0.3, 0.4) is 0 Å². The van der Waals surface area contributed by atoms with Crippen molar-refractivity contribution < 1.29 is 9.90 Å². The summed E-state index contributed by atoms with van der Waals surface area (Å²) >= 11 is 0. The predicted octanol–water partition coefficient (Wildman–Crippen LogP) is 1.74. The monoisotopic (exact) mass is 394 g/mol. The maximum atomic E-state index is 12.3. The summed E-state index contributed by atoms with van der Waals surface area (Å²) in [7, 11) is 0. The van der Waals surface area contributed by atoms with E-state index in [0.29, 0.717) is 25.8 Å². The van der Waals surface area contributed by atoms with Gasteiger partial charge in [0.25, 0.3) is 0 Å². The number of benzene rings is 1. The van der Waals surface area contributed by atoms with E-state index in [-0.39, 0.29) is 12.5 Å². The maximum Gasteiger partial charge on any atom is 0.220 e. The minimum atomic E-state index is -0.966. The van der Waals surface area contributed by atoms with E-state index in [4.69, 9.17) is 0 Å². The van der Waals surface area contributed by atoms with Crippen molar-refractivity contribution in [2.75, 3.05) is 24.5 Å². The second-order valence-electron chi connectivity index (χ2n) is 7.74. The molecule has 1 aliphatic rings. The van der Waals surface area contributed by atoms with Gasteiger partial charge in [-0.2, -0.15) is 0 Å². The van der Waals surface area contributed by atoms with E-state index < -0.39 is 5.60 Å². The molecule has 0 bridgehead atoms. The molecule has 2 aromatic heterocycles. The average molecular weight is 394 g/mol. The molecule has 1 fully saturated rings. The number of carbonyl (C=O) groups excluding carboxylic acids is 1. The van der Waals surface area contributed by atoms with Crippen LogP contribution in [0, 0.1) is 6.92 Å². The van der Waals surface area contributed by atoms with Crippen LogP contribution in [0.2, 0.25) is 0 Å². The molecule has 1 amide bonds. The summed E-state index contributed by atoms with van der Waals surface area (Å²) in [4.78, 5) is 30.5. The number of hydrogen-bond acceptors (Lipinski definition) is 6. The van der Waals surface area contributed by atoms with Crippen molar-refractivity contribution in [1.82, 2.24) is 25.3 Å². The molecule has 3 aromatic rings. The van der Waals surface area contributed by atoms with E-state index in [2.05, 4.69) is 30.2 Å². The molecule has 0 spiro atoms. The number of aliphatic hydroxyl groups is 1. The third kappa shape index (κ3) is 4.71. The second-order valence-corrected chi connectivity index (χ2v) is 7.74. The number of aromatic nitrogens is 4. The molecule has 1 aliphatic heterocycles. The average Bonchev–Trinajstić information content (AvgIpc) is 3.14. The molecule has 29 heavy (non-hydrogen) atoms. The molecule has 1 unspecified atom stereocenters. The first-order valence-electron chi connectivity index (χ1n) is 9.97. The predicted molar refractivity (Wildman–Crippen MR) is 111 cm³/mol. The van der Waals surface area contributed by atoms with E-state index in [1.54, 1.807) is 0 Å². The highest BCUT2D eigenvalue weighted by Crippen LogP contribution is 2.24. The largest absolute Gasteiger partial charge is 0.386 e. The van der Waals surface area contributed by atoms with E-state index in [9.17, 15) is 9.90 Å². The van der Waals surface area contributed by atoms with Crippen LogP contribution in [-0.4, -0.2) is 56.2 Å². The van der Waals surface area contributed by atoms with Gasteiger partial charge in [0.05, 0.1) is 16.6 Å². The lowest BCUT2D eigenvalue weighted by Gasteiger charge is -2.39. The summed E-state index contributed by atoms with van der Waals surface area (Å²) in [6.45, 7) is 3.42. The van der Waals surface area contributed by atoms with Crippen LogP contribution in [0.5, 0.6) is 0 Å². The molecule has 8 heteroatoms. The number of aryl methyl sites for hydroxylation is 2. The summed E-state index contributed by atoms with van der Waals surface area (Å²) < 4.78 is 0. The number of β-amino-alcohol motifs (C(OH)–C–C–N with tert-alkyl or cyclic N) is 1. The van der Waals surface area contributed by atoms with Crippen molar-refractivity contribution in [1.29, 1.82) is 0 Å². The Labute approximate surface area is 169 Å². The number of nitrogens with zero attached hydrogens (tertiary/aromatic N) is 4. The Kier molecular flexibility index (Phi) is 5.44. The highest BCUT2D eigenvalue weighted by Gasteiger charge is 2.34. The van der Waals surface area contributed by atoms with Crippen LogP contribution >= 0.6 is 0 Å². The number of rotatable bonds is 6. The van der Waals surface area contributed by atoms with Crippen molar-refractivity contribution in [2.24, 2.45) is 0 Å². The first kappa shape index (κ1) is 19.3. The highest BCUT2D eigenvalue weighted by molar-refractivity contribution is 5.77. The molecule has 4 rings (SSSR count). The fourth-order valence-electron chi connectivity index (χ4n) is 3.77. The van der Waals surface area contributed by atoms with Gasteiger partial charge in [-0.1, -0.05) is 12.1 Å². The Morgan fingerprint density at radius 3 is 3.03 bits per heavy atom. The fourth-order valence-corrected chi connectivity index (χ4v) is 3.77. The third-order valence-corrected chi connectivity index (χ3v) is 5.31. The quantitative estimate of drug-likeness (QED) is 0.588. The van der Waals surface area contributed by atoms with Gasteiger partial charge in [-0.25, -0.2) is 15.0 Å². The SMILES string of the molecule is Cc1cc(N2CCCC(O)(CNC(=O)CCc3nc4ccccc4[nH]3)C2)ncn1. The second kappa shape index (κ2) is 8.16. The molecular formula is C21H26N6O2. The molecule has 3 N–H and O–H groups in total. The number of amides is 1. The van der Waals surface area contributed by atoms with E-state index in [0.717, 1.165) is 41.3 Å². The Hall–Kier alpha value is -3.00. The lowest BCUT2D eigenvalue weighted by atomic mass is 9.92. The van der Waals surface area contributed by atoms with Gasteiger partial charge >= 0.3 is 0 Å². The topological polar surface area (TPSA) is 107 Å². The summed E-state index contributed by atoms with van der Waals surface area (Å²) in [6.07, 6.45) is 3.89. The van der Waals surface area contributed by atoms with Crippen LogP contribution in [-0.2, 0) is 11.2 Å². The smallest absolute Gasteiger partial charge is 0.220 e. The lowest BCUT2D eigenvalue weighted by molar-refractivity contribution is -0.122. The summed E-state index contributed by atoms with van der Waals surface area (Å²) in [5.74, 6) is 1.52. The van der Waals surface area contributed by atoms with E-state index >= 15 is 0 Å². The van der Waals surface area contributed by atoms with Crippen LogP contribution < -0.4 is 10.2 Å². The van der Waals surface area contributed by atoms with Crippen molar-refractivity contribution in [3.05, 3.63) is 48.2 Å². The van der Waals surface area contributed by atoms with Gasteiger partial charge in [0.2, 0.25) is 5.91 Å². The van der Waals surface area contributed by atoms with Crippen LogP contribution in [0.4, 0.5) is 5.82 Å². The number of carbonyl (C=O) groups is 1. The third-order valence-electron chi connectivity index (χ3n) is 5.31. The number of imidazole rings is 1. The van der Waals surface area contributed by atoms with Crippen molar-refractivity contribution in [3.8, 4) is 0 Å². The zero-order valence-electron chi connectivity index (χ0n) is 16.6. The van der Waals surface area contributed by atoms with Gasteiger partial charge in [-0.15, -0.1) is 0 Å². The normalized spacial score (nSPS) is 19.4. The molecule has 0 radical (unpaired) electrons. The van der Waals surface area contributed by atoms with Gasteiger partial charge in [0.15, 0.2) is 0 Å². The molecule has 0 aliphatic carbocycles. The molecule has 152 valence electrons. The first-order valence-corrected chi connectivity index (χ1v) is 9.97. The number of anilines is 1. The zero-order chi connectivity index (χ0) is 20.3. The van der Waals surface area contributed by atoms with Gasteiger partial charge in [0.1, 0.15) is 18.0 Å². The van der Waals surface area contributed by atoms with Crippen molar-refractivity contribution in [2.45, 2.75) is 38.2 Å². The van der Waals surface area contributed by atoms with Gasteiger partial charge in [0, 0.05) is 44.2 Å². The fraction of sp³-hybridized carbons (Fsp3) is 0.429. The highest BCUT2D eigenvalue weighted by atomic mass is 16.3. The van der Waals surface area contributed by atoms with E-state index in [1.807, 2.05) is 37.3 Å². The Morgan fingerprint density at radius 1 is 1.34 bits per heavy atom. The standard InChI is InChI=1S/C21H26N6O2/c1-15-11-19(24-14-23-15)27-10-4-9-21(29,13-27)12-22-20(28)8-7-18-25-16-5-2-3-6-17(16)26-18/h2-3,5-6,11,14,29H,4,7-10,12-13H2,1H3,(H,22,28)(H,25,26). The number of hydrogen-bond donors (Lipinski definition) is 3. The van der Waals surface area contributed by atoms with Gasteiger partial charge < -0.3 is 20.3 Å². The van der Waals surface area contributed by atoms with E-state index in [1.165, 1.54) is 6.33 Å². The van der Waals surface area contributed by atoms with Gasteiger partial charge in [-0.05, 0) is 31.9 Å². The van der Waals surface area contributed by atoms with Crippen LogP contribution in [0.1, 0.15) is 30.8 Å². The summed E-state index contributed by atoms with van der Waals surface area (Å²) in [6, 6.07) is 9.72. The molecule has 1 saturated heterocycles. The molecule has 1 atom stereocenters. The minimum absolute atomic E-state index is 0.0890. The summed E-state index contributed by atoms with van der Waals surface area (Å²) in [5.41, 5.74) is 1.80. The maximum absolute atomic E-state index is 12.3. The number of nitrogens with one attached hydrogen (secondary N) is 2. The number of fused-ring (bicyclic) bond motifs is 1. The molecule has 1 aromatic carbocycles.